The zero-order chi connectivity index (χ0) is 17.7. The maximum absolute atomic E-state index is 12.3. The molecule has 24 heavy (non-hydrogen) atoms. The van der Waals surface area contributed by atoms with Crippen molar-refractivity contribution in [3.63, 3.8) is 0 Å². The number of amides is 1. The van der Waals surface area contributed by atoms with Crippen LogP contribution in [0.2, 0.25) is 0 Å². The van der Waals surface area contributed by atoms with Crippen molar-refractivity contribution in [1.29, 1.82) is 0 Å². The number of hydrogen-bond donors (Lipinski definition) is 1. The first kappa shape index (κ1) is 18.9. The van der Waals surface area contributed by atoms with Gasteiger partial charge >= 0.3 is 0 Å². The molecule has 4 heteroatoms. The summed E-state index contributed by atoms with van der Waals surface area (Å²) < 4.78 is 5.34. The van der Waals surface area contributed by atoms with Crippen molar-refractivity contribution in [3.8, 4) is 0 Å². The fraction of sp³-hybridized carbons (Fsp3) is 0.650. The summed E-state index contributed by atoms with van der Waals surface area (Å²) in [7, 11) is 0. The monoisotopic (exact) mass is 332 g/mol. The molecule has 1 fully saturated rings. The molecule has 0 bridgehead atoms. The number of aryl methyl sites for hydroxylation is 2. The van der Waals surface area contributed by atoms with Crippen LogP contribution in [0.1, 0.15) is 43.0 Å². The van der Waals surface area contributed by atoms with Gasteiger partial charge in [-0.3, -0.25) is 9.69 Å². The second kappa shape index (κ2) is 8.13. The summed E-state index contributed by atoms with van der Waals surface area (Å²) in [5.74, 6) is 0.109. The van der Waals surface area contributed by atoms with Crippen molar-refractivity contribution in [3.05, 3.63) is 34.4 Å². The second-order valence-corrected chi connectivity index (χ2v) is 7.82. The molecule has 0 spiro atoms. The van der Waals surface area contributed by atoms with Gasteiger partial charge < -0.3 is 10.1 Å². The van der Waals surface area contributed by atoms with Crippen molar-refractivity contribution in [2.45, 2.75) is 46.5 Å². The molecule has 1 aliphatic rings. The van der Waals surface area contributed by atoms with Gasteiger partial charge in [-0.05, 0) is 41.5 Å². The zero-order valence-corrected chi connectivity index (χ0v) is 15.9. The van der Waals surface area contributed by atoms with Gasteiger partial charge in [0.1, 0.15) is 0 Å². The minimum absolute atomic E-state index is 0.109. The summed E-state index contributed by atoms with van der Waals surface area (Å²) in [4.78, 5) is 14.6. The quantitative estimate of drug-likeness (QED) is 0.901. The van der Waals surface area contributed by atoms with Crippen molar-refractivity contribution >= 4 is 5.91 Å². The maximum atomic E-state index is 12.3. The number of nitrogens with zero attached hydrogens (tertiary/aromatic N) is 1. The molecule has 1 aromatic rings. The average molecular weight is 332 g/mol. The van der Waals surface area contributed by atoms with Gasteiger partial charge in [-0.15, -0.1) is 0 Å². The molecule has 134 valence electrons. The minimum Gasteiger partial charge on any atom is -0.379 e. The molecule has 0 aliphatic carbocycles. The highest BCUT2D eigenvalue weighted by atomic mass is 16.5. The number of morpholine rings is 1. The van der Waals surface area contributed by atoms with E-state index in [1.165, 1.54) is 16.7 Å². The van der Waals surface area contributed by atoms with Gasteiger partial charge in [0.25, 0.3) is 0 Å². The van der Waals surface area contributed by atoms with E-state index in [0.29, 0.717) is 13.0 Å². The number of benzene rings is 1. The molecule has 0 radical (unpaired) electrons. The Morgan fingerprint density at radius 2 is 1.75 bits per heavy atom. The van der Waals surface area contributed by atoms with Crippen LogP contribution >= 0.6 is 0 Å². The second-order valence-electron chi connectivity index (χ2n) is 7.82. The number of carbonyl (C=O) groups is 1. The fourth-order valence-corrected chi connectivity index (χ4v) is 3.11. The fourth-order valence-electron chi connectivity index (χ4n) is 3.11. The molecule has 2 rings (SSSR count). The Hall–Kier alpha value is -1.39. The van der Waals surface area contributed by atoms with Gasteiger partial charge in [-0.2, -0.15) is 0 Å². The van der Waals surface area contributed by atoms with Crippen LogP contribution in [0.5, 0.6) is 0 Å². The van der Waals surface area contributed by atoms with Crippen LogP contribution in [-0.2, 0) is 21.4 Å². The molecule has 1 amide bonds. The summed E-state index contributed by atoms with van der Waals surface area (Å²) >= 11 is 0. The van der Waals surface area contributed by atoms with E-state index in [4.69, 9.17) is 4.74 Å². The number of carbonyl (C=O) groups excluding carboxylic acids is 1. The van der Waals surface area contributed by atoms with E-state index >= 15 is 0 Å². The molecule has 1 aliphatic heterocycles. The van der Waals surface area contributed by atoms with E-state index in [1.54, 1.807) is 0 Å². The summed E-state index contributed by atoms with van der Waals surface area (Å²) in [5, 5.41) is 3.06. The first-order valence-electron chi connectivity index (χ1n) is 8.95. The Bertz CT molecular complexity index is 546. The molecule has 1 N–H and O–H groups in total. The lowest BCUT2D eigenvalue weighted by atomic mass is 9.83. The molecular weight excluding hydrogens is 300 g/mol. The van der Waals surface area contributed by atoms with Crippen molar-refractivity contribution in [2.24, 2.45) is 0 Å². The Morgan fingerprint density at radius 3 is 2.29 bits per heavy atom. The molecule has 1 heterocycles. The highest BCUT2D eigenvalue weighted by Crippen LogP contribution is 2.27. The summed E-state index contributed by atoms with van der Waals surface area (Å²) in [6.45, 7) is 16.0. The minimum atomic E-state index is 0.109. The molecule has 0 atom stereocenters. The molecule has 0 saturated carbocycles. The molecule has 1 saturated heterocycles. The maximum Gasteiger partial charge on any atom is 0.224 e. The van der Waals surface area contributed by atoms with Crippen LogP contribution in [-0.4, -0.2) is 50.2 Å². The number of ether oxygens (including phenoxy) is 1. The van der Waals surface area contributed by atoms with E-state index in [-0.39, 0.29) is 11.3 Å². The highest BCUT2D eigenvalue weighted by molar-refractivity contribution is 5.79. The molecule has 0 aromatic heterocycles. The van der Waals surface area contributed by atoms with Crippen molar-refractivity contribution in [2.75, 3.05) is 39.4 Å². The zero-order valence-electron chi connectivity index (χ0n) is 15.9. The highest BCUT2D eigenvalue weighted by Gasteiger charge is 2.17. The predicted octanol–water partition coefficient (Wildman–Crippen LogP) is 2.59. The topological polar surface area (TPSA) is 41.6 Å². The van der Waals surface area contributed by atoms with Crippen molar-refractivity contribution < 1.29 is 9.53 Å². The van der Waals surface area contributed by atoms with E-state index in [0.717, 1.165) is 38.4 Å². The molecule has 4 nitrogen and oxygen atoms in total. The van der Waals surface area contributed by atoms with Crippen molar-refractivity contribution in [1.82, 2.24) is 10.2 Å². The summed E-state index contributed by atoms with van der Waals surface area (Å²) in [5.41, 5.74) is 5.04. The molecule has 0 unspecified atom stereocenters. The number of hydrogen-bond acceptors (Lipinski definition) is 3. The van der Waals surface area contributed by atoms with Gasteiger partial charge in [0.15, 0.2) is 0 Å². The SMILES string of the molecule is Cc1cc(C(C)(C)C)cc(C)c1CC(=O)NCCN1CCOCC1. The van der Waals surface area contributed by atoms with Gasteiger partial charge in [-0.25, -0.2) is 0 Å². The summed E-state index contributed by atoms with van der Waals surface area (Å²) in [6.07, 6.45) is 0.463. The lowest BCUT2D eigenvalue weighted by molar-refractivity contribution is -0.120. The largest absolute Gasteiger partial charge is 0.379 e. The normalized spacial score (nSPS) is 16.2. The molecular formula is C20H32N2O2. The molecule has 1 aromatic carbocycles. The Balaban J connectivity index is 1.89. The first-order chi connectivity index (χ1) is 11.3. The van der Waals surface area contributed by atoms with Crippen LogP contribution in [0, 0.1) is 13.8 Å². The van der Waals surface area contributed by atoms with Gasteiger partial charge in [0.05, 0.1) is 19.6 Å². The average Bonchev–Trinajstić information content (AvgIpc) is 2.51. The van der Waals surface area contributed by atoms with Crippen LogP contribution < -0.4 is 5.32 Å². The summed E-state index contributed by atoms with van der Waals surface area (Å²) in [6, 6.07) is 4.45. The third-order valence-corrected chi connectivity index (χ3v) is 4.75. The Kier molecular flexibility index (Phi) is 6.41. The van der Waals surface area contributed by atoms with Gasteiger partial charge in [0.2, 0.25) is 5.91 Å². The van der Waals surface area contributed by atoms with Crippen LogP contribution in [0.25, 0.3) is 0 Å². The van der Waals surface area contributed by atoms with E-state index < -0.39 is 0 Å². The van der Waals surface area contributed by atoms with E-state index in [1.807, 2.05) is 0 Å². The Morgan fingerprint density at radius 1 is 1.17 bits per heavy atom. The lowest BCUT2D eigenvalue weighted by Gasteiger charge is -2.26. The van der Waals surface area contributed by atoms with Crippen LogP contribution in [0.4, 0.5) is 0 Å². The van der Waals surface area contributed by atoms with Crippen LogP contribution in [0.15, 0.2) is 12.1 Å². The Labute approximate surface area is 146 Å². The number of nitrogens with one attached hydrogen (secondary N) is 1. The third kappa shape index (κ3) is 5.32. The predicted molar refractivity (Wildman–Crippen MR) is 98.6 cm³/mol. The third-order valence-electron chi connectivity index (χ3n) is 4.75. The van der Waals surface area contributed by atoms with Crippen LogP contribution in [0.3, 0.4) is 0 Å². The smallest absolute Gasteiger partial charge is 0.224 e. The lowest BCUT2D eigenvalue weighted by Crippen LogP contribution is -2.41. The van der Waals surface area contributed by atoms with Gasteiger partial charge in [0, 0.05) is 26.2 Å². The van der Waals surface area contributed by atoms with E-state index in [2.05, 4.69) is 57.0 Å². The van der Waals surface area contributed by atoms with E-state index in [9.17, 15) is 4.79 Å². The van der Waals surface area contributed by atoms with Gasteiger partial charge in [-0.1, -0.05) is 32.9 Å². The number of rotatable bonds is 5. The first-order valence-corrected chi connectivity index (χ1v) is 8.95. The standard InChI is InChI=1S/C20H32N2O2/c1-15-12-17(20(3,4)5)13-16(2)18(15)14-19(23)21-6-7-22-8-10-24-11-9-22/h12-13H,6-11,14H2,1-5H3,(H,21,23).